The summed E-state index contributed by atoms with van der Waals surface area (Å²) >= 11 is 3.29. The van der Waals surface area contributed by atoms with E-state index in [4.69, 9.17) is 0 Å². The van der Waals surface area contributed by atoms with Crippen LogP contribution < -0.4 is 5.32 Å². The molecule has 1 aromatic rings. The molecule has 1 amide bonds. The molecule has 1 rings (SSSR count). The number of amides is 1. The largest absolute Gasteiger partial charge is 0.375 e. The Morgan fingerprint density at radius 1 is 1.53 bits per heavy atom. The fourth-order valence-corrected chi connectivity index (χ4v) is 1.44. The molecule has 0 saturated carbocycles. The number of hydrogen-bond acceptors (Lipinski definition) is 3. The van der Waals surface area contributed by atoms with Crippen molar-refractivity contribution >= 4 is 27.5 Å². The average molecular weight is 272 g/mol. The Balaban J connectivity index is 2.62. The average Bonchev–Trinajstić information content (AvgIpc) is 2.15. The van der Waals surface area contributed by atoms with Crippen LogP contribution in [0.1, 0.15) is 5.69 Å². The number of likely N-dealkylation sites (N-methyl/N-ethyl adjacent to an activating group) is 1. The Bertz CT molecular complexity index is 366. The van der Waals surface area contributed by atoms with Crippen LogP contribution in [-0.2, 0) is 4.79 Å². The highest BCUT2D eigenvalue weighted by Gasteiger charge is 2.05. The summed E-state index contributed by atoms with van der Waals surface area (Å²) in [5.74, 6) is 0.0392. The summed E-state index contributed by atoms with van der Waals surface area (Å²) in [6.45, 7) is 2.18. The molecular formula is C10H14BrN3O. The third-order valence-corrected chi connectivity index (χ3v) is 2.42. The zero-order valence-corrected chi connectivity index (χ0v) is 10.6. The second-order valence-corrected chi connectivity index (χ2v) is 4.22. The molecule has 1 aromatic heterocycles. The van der Waals surface area contributed by atoms with Gasteiger partial charge in [0.1, 0.15) is 4.60 Å². The van der Waals surface area contributed by atoms with Gasteiger partial charge >= 0.3 is 0 Å². The smallest absolute Gasteiger partial charge is 0.241 e. The number of carbonyl (C=O) groups excluding carboxylic acids is 1. The molecule has 82 valence electrons. The maximum atomic E-state index is 11.3. The molecule has 1 heterocycles. The van der Waals surface area contributed by atoms with E-state index in [1.807, 2.05) is 19.1 Å². The lowest BCUT2D eigenvalue weighted by molar-refractivity contribution is -0.126. The molecular weight excluding hydrogens is 258 g/mol. The van der Waals surface area contributed by atoms with Gasteiger partial charge in [0.2, 0.25) is 5.91 Å². The van der Waals surface area contributed by atoms with Crippen LogP contribution in [0.15, 0.2) is 16.7 Å². The fourth-order valence-electron chi connectivity index (χ4n) is 1.05. The molecule has 0 aromatic carbocycles. The molecule has 1 N–H and O–H groups in total. The van der Waals surface area contributed by atoms with Crippen LogP contribution in [0.3, 0.4) is 0 Å². The molecule has 0 aliphatic rings. The van der Waals surface area contributed by atoms with Crippen LogP contribution in [0.2, 0.25) is 0 Å². The highest BCUT2D eigenvalue weighted by molar-refractivity contribution is 9.10. The highest BCUT2D eigenvalue weighted by Crippen LogP contribution is 2.15. The second-order valence-electron chi connectivity index (χ2n) is 3.41. The van der Waals surface area contributed by atoms with Crippen LogP contribution in [0, 0.1) is 6.92 Å². The fraction of sp³-hybridized carbons (Fsp3) is 0.400. The van der Waals surface area contributed by atoms with Crippen molar-refractivity contribution in [2.75, 3.05) is 26.0 Å². The van der Waals surface area contributed by atoms with Crippen LogP contribution in [0.5, 0.6) is 0 Å². The van der Waals surface area contributed by atoms with E-state index in [2.05, 4.69) is 26.2 Å². The van der Waals surface area contributed by atoms with Crippen molar-refractivity contribution in [1.29, 1.82) is 0 Å². The van der Waals surface area contributed by atoms with E-state index < -0.39 is 0 Å². The van der Waals surface area contributed by atoms with E-state index in [0.717, 1.165) is 16.0 Å². The van der Waals surface area contributed by atoms with Gasteiger partial charge in [0.05, 0.1) is 17.9 Å². The van der Waals surface area contributed by atoms with Gasteiger partial charge in [0.15, 0.2) is 0 Å². The van der Waals surface area contributed by atoms with Crippen molar-refractivity contribution in [1.82, 2.24) is 9.88 Å². The first kappa shape index (κ1) is 12.0. The van der Waals surface area contributed by atoms with Crippen molar-refractivity contribution in [3.8, 4) is 0 Å². The number of rotatable bonds is 3. The van der Waals surface area contributed by atoms with Crippen molar-refractivity contribution in [3.05, 3.63) is 22.4 Å². The number of aryl methyl sites for hydroxylation is 1. The molecule has 5 heteroatoms. The SMILES string of the molecule is Cc1nc(Br)ccc1NCC(=O)N(C)C. The van der Waals surface area contributed by atoms with Crippen molar-refractivity contribution in [2.45, 2.75) is 6.92 Å². The van der Waals surface area contributed by atoms with Gasteiger partial charge in [-0.3, -0.25) is 4.79 Å². The summed E-state index contributed by atoms with van der Waals surface area (Å²) in [6.07, 6.45) is 0. The monoisotopic (exact) mass is 271 g/mol. The molecule has 0 atom stereocenters. The summed E-state index contributed by atoms with van der Waals surface area (Å²) in [6, 6.07) is 3.74. The minimum Gasteiger partial charge on any atom is -0.375 e. The predicted octanol–water partition coefficient (Wildman–Crippen LogP) is 1.65. The van der Waals surface area contributed by atoms with Crippen LogP contribution in [0.4, 0.5) is 5.69 Å². The summed E-state index contributed by atoms with van der Waals surface area (Å²) in [5, 5.41) is 3.05. The van der Waals surface area contributed by atoms with Gasteiger partial charge in [0.25, 0.3) is 0 Å². The molecule has 0 saturated heterocycles. The summed E-state index contributed by atoms with van der Waals surface area (Å²) < 4.78 is 0.796. The molecule has 15 heavy (non-hydrogen) atoms. The number of aromatic nitrogens is 1. The quantitative estimate of drug-likeness (QED) is 0.851. The zero-order valence-electron chi connectivity index (χ0n) is 9.04. The number of nitrogens with one attached hydrogen (secondary N) is 1. The molecule has 0 radical (unpaired) electrons. The van der Waals surface area contributed by atoms with Crippen molar-refractivity contribution in [3.63, 3.8) is 0 Å². The number of hydrogen-bond donors (Lipinski definition) is 1. The topological polar surface area (TPSA) is 45.2 Å². The molecule has 0 aliphatic carbocycles. The van der Waals surface area contributed by atoms with E-state index in [1.54, 1.807) is 19.0 Å². The minimum atomic E-state index is 0.0392. The Labute approximate surface area is 97.8 Å². The van der Waals surface area contributed by atoms with E-state index in [1.165, 1.54) is 0 Å². The van der Waals surface area contributed by atoms with Crippen LogP contribution in [0.25, 0.3) is 0 Å². The molecule has 0 bridgehead atoms. The number of nitrogens with zero attached hydrogens (tertiary/aromatic N) is 2. The Morgan fingerprint density at radius 2 is 2.20 bits per heavy atom. The number of carbonyl (C=O) groups is 1. The zero-order chi connectivity index (χ0) is 11.4. The van der Waals surface area contributed by atoms with Crippen molar-refractivity contribution < 1.29 is 4.79 Å². The lowest BCUT2D eigenvalue weighted by Crippen LogP contribution is -2.28. The van der Waals surface area contributed by atoms with E-state index in [9.17, 15) is 4.79 Å². The van der Waals surface area contributed by atoms with Gasteiger partial charge in [0, 0.05) is 14.1 Å². The van der Waals surface area contributed by atoms with E-state index in [-0.39, 0.29) is 12.5 Å². The first-order valence-electron chi connectivity index (χ1n) is 4.58. The van der Waals surface area contributed by atoms with Gasteiger partial charge in [-0.2, -0.15) is 0 Å². The Morgan fingerprint density at radius 3 is 2.73 bits per heavy atom. The Kier molecular flexibility index (Phi) is 4.08. The van der Waals surface area contributed by atoms with E-state index >= 15 is 0 Å². The molecule has 0 spiro atoms. The summed E-state index contributed by atoms with van der Waals surface area (Å²) in [7, 11) is 3.47. The van der Waals surface area contributed by atoms with Gasteiger partial charge < -0.3 is 10.2 Å². The lowest BCUT2D eigenvalue weighted by Gasteiger charge is -2.12. The minimum absolute atomic E-state index is 0.0392. The number of anilines is 1. The van der Waals surface area contributed by atoms with Crippen molar-refractivity contribution in [2.24, 2.45) is 0 Å². The first-order valence-corrected chi connectivity index (χ1v) is 5.37. The van der Waals surface area contributed by atoms with Crippen LogP contribution in [-0.4, -0.2) is 36.4 Å². The van der Waals surface area contributed by atoms with Gasteiger partial charge in [-0.15, -0.1) is 0 Å². The normalized spacial score (nSPS) is 9.87. The molecule has 0 unspecified atom stereocenters. The standard InChI is InChI=1S/C10H14BrN3O/c1-7-8(4-5-9(11)13-7)12-6-10(15)14(2)3/h4-5,12H,6H2,1-3H3. The molecule has 0 aliphatic heterocycles. The second kappa shape index (κ2) is 5.11. The summed E-state index contributed by atoms with van der Waals surface area (Å²) in [5.41, 5.74) is 1.75. The first-order chi connectivity index (χ1) is 7.00. The Hall–Kier alpha value is -1.10. The number of pyridine rings is 1. The van der Waals surface area contributed by atoms with Gasteiger partial charge in [-0.25, -0.2) is 4.98 Å². The molecule has 0 fully saturated rings. The lowest BCUT2D eigenvalue weighted by atomic mass is 10.3. The summed E-state index contributed by atoms with van der Waals surface area (Å²) in [4.78, 5) is 17.1. The maximum absolute atomic E-state index is 11.3. The maximum Gasteiger partial charge on any atom is 0.241 e. The van der Waals surface area contributed by atoms with Crippen LogP contribution >= 0.6 is 15.9 Å². The predicted molar refractivity (Wildman–Crippen MR) is 63.9 cm³/mol. The molecule has 4 nitrogen and oxygen atoms in total. The third-order valence-electron chi connectivity index (χ3n) is 1.98. The van der Waals surface area contributed by atoms with Gasteiger partial charge in [-0.05, 0) is 35.0 Å². The van der Waals surface area contributed by atoms with Gasteiger partial charge in [-0.1, -0.05) is 0 Å². The third kappa shape index (κ3) is 3.51. The highest BCUT2D eigenvalue weighted by atomic mass is 79.9. The van der Waals surface area contributed by atoms with E-state index in [0.29, 0.717) is 0 Å². The number of halogens is 1.